The SMILES string of the molecule is CC1CCNC1c1nc(-c2ccc(O)cc2)no1. The molecule has 1 aromatic carbocycles. The number of phenolic OH excluding ortho intramolecular Hbond substituents is 1. The Balaban J connectivity index is 1.87. The van der Waals surface area contributed by atoms with Crippen LogP contribution in [0.1, 0.15) is 25.3 Å². The summed E-state index contributed by atoms with van der Waals surface area (Å²) in [5.41, 5.74) is 0.841. The van der Waals surface area contributed by atoms with Crippen molar-refractivity contribution in [3.8, 4) is 17.1 Å². The van der Waals surface area contributed by atoms with Crippen molar-refractivity contribution in [1.82, 2.24) is 15.5 Å². The summed E-state index contributed by atoms with van der Waals surface area (Å²) in [5.74, 6) is 1.95. The highest BCUT2D eigenvalue weighted by Crippen LogP contribution is 2.29. The Kier molecular flexibility index (Phi) is 2.76. The largest absolute Gasteiger partial charge is 0.508 e. The molecule has 2 aromatic rings. The molecular weight excluding hydrogens is 230 g/mol. The van der Waals surface area contributed by atoms with Crippen LogP contribution in [0, 0.1) is 5.92 Å². The molecule has 3 rings (SSSR count). The van der Waals surface area contributed by atoms with Gasteiger partial charge >= 0.3 is 0 Å². The van der Waals surface area contributed by atoms with Crippen LogP contribution in [0.4, 0.5) is 0 Å². The van der Waals surface area contributed by atoms with Gasteiger partial charge in [-0.05, 0) is 43.1 Å². The molecular formula is C13H15N3O2. The predicted molar refractivity (Wildman–Crippen MR) is 65.9 cm³/mol. The van der Waals surface area contributed by atoms with E-state index in [-0.39, 0.29) is 11.8 Å². The van der Waals surface area contributed by atoms with Gasteiger partial charge in [0.2, 0.25) is 11.7 Å². The second kappa shape index (κ2) is 4.42. The number of phenols is 1. The molecule has 5 nitrogen and oxygen atoms in total. The van der Waals surface area contributed by atoms with Crippen molar-refractivity contribution in [2.24, 2.45) is 5.92 Å². The van der Waals surface area contributed by atoms with Crippen molar-refractivity contribution < 1.29 is 9.63 Å². The summed E-state index contributed by atoms with van der Waals surface area (Å²) in [7, 11) is 0. The Bertz CT molecular complexity index is 535. The molecule has 1 saturated heterocycles. The fourth-order valence-corrected chi connectivity index (χ4v) is 2.25. The summed E-state index contributed by atoms with van der Waals surface area (Å²) in [6, 6.07) is 6.93. The molecule has 1 fully saturated rings. The molecule has 0 spiro atoms. The van der Waals surface area contributed by atoms with E-state index in [0.29, 0.717) is 17.6 Å². The Morgan fingerprint density at radius 2 is 2.11 bits per heavy atom. The van der Waals surface area contributed by atoms with E-state index < -0.39 is 0 Å². The van der Waals surface area contributed by atoms with Crippen LogP contribution >= 0.6 is 0 Å². The third-order valence-electron chi connectivity index (χ3n) is 3.37. The molecule has 2 N–H and O–H groups in total. The van der Waals surface area contributed by atoms with E-state index in [1.165, 1.54) is 0 Å². The predicted octanol–water partition coefficient (Wildman–Crippen LogP) is 2.11. The average molecular weight is 245 g/mol. The first-order valence-electron chi connectivity index (χ1n) is 6.10. The maximum absolute atomic E-state index is 9.24. The highest BCUT2D eigenvalue weighted by atomic mass is 16.5. The van der Waals surface area contributed by atoms with Gasteiger partial charge in [0.25, 0.3) is 0 Å². The van der Waals surface area contributed by atoms with Crippen molar-refractivity contribution in [3.05, 3.63) is 30.2 Å². The monoisotopic (exact) mass is 245 g/mol. The zero-order chi connectivity index (χ0) is 12.5. The van der Waals surface area contributed by atoms with E-state index in [1.807, 2.05) is 0 Å². The molecule has 0 radical (unpaired) electrons. The minimum Gasteiger partial charge on any atom is -0.508 e. The Morgan fingerprint density at radius 3 is 2.78 bits per heavy atom. The quantitative estimate of drug-likeness (QED) is 0.848. The van der Waals surface area contributed by atoms with E-state index in [0.717, 1.165) is 18.5 Å². The number of nitrogens with zero attached hydrogens (tertiary/aromatic N) is 2. The lowest BCUT2D eigenvalue weighted by molar-refractivity contribution is 0.319. The van der Waals surface area contributed by atoms with E-state index in [9.17, 15) is 5.11 Å². The molecule has 2 unspecified atom stereocenters. The zero-order valence-corrected chi connectivity index (χ0v) is 10.1. The topological polar surface area (TPSA) is 71.2 Å². The van der Waals surface area contributed by atoms with Gasteiger partial charge in [-0.3, -0.25) is 0 Å². The minimum absolute atomic E-state index is 0.156. The highest BCUT2D eigenvalue weighted by molar-refractivity contribution is 5.55. The van der Waals surface area contributed by atoms with Gasteiger partial charge in [0.15, 0.2) is 0 Å². The molecule has 1 aliphatic rings. The van der Waals surface area contributed by atoms with Gasteiger partial charge in [0.05, 0.1) is 6.04 Å². The summed E-state index contributed by atoms with van der Waals surface area (Å²) in [4.78, 5) is 4.42. The lowest BCUT2D eigenvalue weighted by atomic mass is 10.0. The van der Waals surface area contributed by atoms with E-state index in [4.69, 9.17) is 4.52 Å². The van der Waals surface area contributed by atoms with Gasteiger partial charge in [0.1, 0.15) is 5.75 Å². The third kappa shape index (κ3) is 1.97. The number of hydrogen-bond acceptors (Lipinski definition) is 5. The van der Waals surface area contributed by atoms with Crippen LogP contribution in [0.15, 0.2) is 28.8 Å². The summed E-state index contributed by atoms with van der Waals surface area (Å²) >= 11 is 0. The van der Waals surface area contributed by atoms with Crippen LogP contribution in [0.2, 0.25) is 0 Å². The van der Waals surface area contributed by atoms with Gasteiger partial charge in [-0.2, -0.15) is 4.98 Å². The molecule has 5 heteroatoms. The Hall–Kier alpha value is -1.88. The van der Waals surface area contributed by atoms with Crippen LogP contribution < -0.4 is 5.32 Å². The summed E-state index contributed by atoms with van der Waals surface area (Å²) < 4.78 is 5.32. The molecule has 2 heterocycles. The second-order valence-corrected chi connectivity index (χ2v) is 4.70. The highest BCUT2D eigenvalue weighted by Gasteiger charge is 2.29. The van der Waals surface area contributed by atoms with E-state index >= 15 is 0 Å². The van der Waals surface area contributed by atoms with Crippen LogP contribution in [0.25, 0.3) is 11.4 Å². The van der Waals surface area contributed by atoms with Gasteiger partial charge in [-0.15, -0.1) is 0 Å². The first-order valence-corrected chi connectivity index (χ1v) is 6.10. The molecule has 0 bridgehead atoms. The van der Waals surface area contributed by atoms with Crippen LogP contribution in [-0.2, 0) is 0 Å². The molecule has 0 amide bonds. The van der Waals surface area contributed by atoms with Crippen molar-refractivity contribution in [3.63, 3.8) is 0 Å². The summed E-state index contributed by atoms with van der Waals surface area (Å²) in [5, 5.41) is 16.6. The van der Waals surface area contributed by atoms with Gasteiger partial charge < -0.3 is 14.9 Å². The minimum atomic E-state index is 0.156. The zero-order valence-electron chi connectivity index (χ0n) is 10.1. The molecule has 1 aliphatic heterocycles. The third-order valence-corrected chi connectivity index (χ3v) is 3.37. The maximum Gasteiger partial charge on any atom is 0.244 e. The molecule has 2 atom stereocenters. The summed E-state index contributed by atoms with van der Waals surface area (Å²) in [6.45, 7) is 3.16. The normalized spacial score (nSPS) is 23.4. The van der Waals surface area contributed by atoms with Crippen LogP contribution in [0.5, 0.6) is 5.75 Å². The fourth-order valence-electron chi connectivity index (χ4n) is 2.25. The molecule has 18 heavy (non-hydrogen) atoms. The fraction of sp³-hybridized carbons (Fsp3) is 0.385. The van der Waals surface area contributed by atoms with Crippen molar-refractivity contribution in [1.29, 1.82) is 0 Å². The number of aromatic nitrogens is 2. The van der Waals surface area contributed by atoms with Crippen LogP contribution in [0.3, 0.4) is 0 Å². The smallest absolute Gasteiger partial charge is 0.244 e. The van der Waals surface area contributed by atoms with Crippen molar-refractivity contribution in [2.45, 2.75) is 19.4 Å². The van der Waals surface area contributed by atoms with E-state index in [2.05, 4.69) is 22.4 Å². The summed E-state index contributed by atoms with van der Waals surface area (Å²) in [6.07, 6.45) is 1.13. The van der Waals surface area contributed by atoms with Gasteiger partial charge in [0, 0.05) is 5.56 Å². The van der Waals surface area contributed by atoms with Crippen molar-refractivity contribution >= 4 is 0 Å². The Labute approximate surface area is 105 Å². The number of hydrogen-bond donors (Lipinski definition) is 2. The standard InChI is InChI=1S/C13H15N3O2/c1-8-6-7-14-11(8)13-15-12(16-18-13)9-2-4-10(17)5-3-9/h2-5,8,11,14,17H,6-7H2,1H3. The van der Waals surface area contributed by atoms with Crippen LogP contribution in [-0.4, -0.2) is 21.8 Å². The lowest BCUT2D eigenvalue weighted by Gasteiger charge is -2.09. The first-order chi connectivity index (χ1) is 8.74. The molecule has 1 aromatic heterocycles. The molecule has 94 valence electrons. The number of benzene rings is 1. The first kappa shape index (κ1) is 11.2. The van der Waals surface area contributed by atoms with E-state index in [1.54, 1.807) is 24.3 Å². The van der Waals surface area contributed by atoms with Crippen molar-refractivity contribution in [2.75, 3.05) is 6.54 Å². The lowest BCUT2D eigenvalue weighted by Crippen LogP contribution is -2.16. The number of rotatable bonds is 2. The maximum atomic E-state index is 9.24. The molecule has 0 saturated carbocycles. The van der Waals surface area contributed by atoms with Gasteiger partial charge in [-0.1, -0.05) is 12.1 Å². The number of aromatic hydroxyl groups is 1. The second-order valence-electron chi connectivity index (χ2n) is 4.70. The molecule has 0 aliphatic carbocycles. The average Bonchev–Trinajstić information content (AvgIpc) is 2.98. The Morgan fingerprint density at radius 1 is 1.33 bits per heavy atom. The number of nitrogens with one attached hydrogen (secondary N) is 1. The van der Waals surface area contributed by atoms with Gasteiger partial charge in [-0.25, -0.2) is 0 Å².